The molecule has 1 atom stereocenters. The first kappa shape index (κ1) is 27.6. The van der Waals surface area contributed by atoms with Crippen molar-refractivity contribution in [1.82, 2.24) is 10.2 Å². The quantitative estimate of drug-likeness (QED) is 0.472. The number of fused-ring (bicyclic) bond motifs is 1. The summed E-state index contributed by atoms with van der Waals surface area (Å²) in [6, 6.07) is 11.4. The van der Waals surface area contributed by atoms with E-state index in [2.05, 4.69) is 5.32 Å². The van der Waals surface area contributed by atoms with Gasteiger partial charge in [0, 0.05) is 37.1 Å². The van der Waals surface area contributed by atoms with Gasteiger partial charge in [-0.2, -0.15) is 0 Å². The zero-order valence-electron chi connectivity index (χ0n) is 20.7. The summed E-state index contributed by atoms with van der Waals surface area (Å²) in [6.45, 7) is 4.98. The van der Waals surface area contributed by atoms with Gasteiger partial charge in [-0.1, -0.05) is 29.8 Å². The largest absolute Gasteiger partial charge is 0.486 e. The van der Waals surface area contributed by atoms with Crippen LogP contribution in [-0.2, 0) is 26.2 Å². The zero-order chi connectivity index (χ0) is 26.3. The van der Waals surface area contributed by atoms with E-state index >= 15 is 0 Å². The third-order valence-electron chi connectivity index (χ3n) is 5.78. The Hall–Kier alpha value is -2.98. The van der Waals surface area contributed by atoms with Crippen LogP contribution >= 0.6 is 11.6 Å². The van der Waals surface area contributed by atoms with Crippen LogP contribution in [0.3, 0.4) is 0 Å². The Kier molecular flexibility index (Phi) is 9.44. The van der Waals surface area contributed by atoms with Crippen LogP contribution in [0.5, 0.6) is 11.5 Å². The van der Waals surface area contributed by atoms with E-state index in [1.54, 1.807) is 43.3 Å². The van der Waals surface area contributed by atoms with Gasteiger partial charge in [0.15, 0.2) is 11.5 Å². The van der Waals surface area contributed by atoms with Crippen molar-refractivity contribution < 1.29 is 27.5 Å². The van der Waals surface area contributed by atoms with Crippen molar-refractivity contribution in [3.63, 3.8) is 0 Å². The molecule has 2 amide bonds. The standard InChI is InChI=1S/C25H32ClN3O6S/c1-4-27-25(31)18(2)28(17-19-8-5-6-9-21(19)26)24(30)10-7-13-29(36(3,32)33)20-11-12-22-23(16-20)35-15-14-34-22/h5-6,8-9,11-12,16,18H,4,7,10,13-15,17H2,1-3H3,(H,27,31)/t18-/m0/s1. The molecule has 0 aliphatic carbocycles. The molecule has 9 nitrogen and oxygen atoms in total. The Morgan fingerprint density at radius 1 is 1.11 bits per heavy atom. The molecule has 1 aliphatic heterocycles. The highest BCUT2D eigenvalue weighted by Crippen LogP contribution is 2.34. The van der Waals surface area contributed by atoms with Gasteiger partial charge in [-0.25, -0.2) is 8.42 Å². The third kappa shape index (κ3) is 7.04. The molecule has 0 saturated carbocycles. The van der Waals surface area contributed by atoms with Crippen LogP contribution in [0, 0.1) is 0 Å². The number of sulfonamides is 1. The first-order valence-electron chi connectivity index (χ1n) is 11.8. The molecule has 1 aliphatic rings. The van der Waals surface area contributed by atoms with Crippen LogP contribution in [0.25, 0.3) is 0 Å². The molecule has 3 rings (SSSR count). The summed E-state index contributed by atoms with van der Waals surface area (Å²) >= 11 is 6.30. The minimum Gasteiger partial charge on any atom is -0.486 e. The number of carbonyl (C=O) groups excluding carboxylic acids is 2. The first-order chi connectivity index (χ1) is 17.1. The highest BCUT2D eigenvalue weighted by Gasteiger charge is 2.27. The summed E-state index contributed by atoms with van der Waals surface area (Å²) in [5.41, 5.74) is 1.15. The van der Waals surface area contributed by atoms with Gasteiger partial charge in [0.05, 0.1) is 11.9 Å². The van der Waals surface area contributed by atoms with E-state index in [4.69, 9.17) is 21.1 Å². The fourth-order valence-corrected chi connectivity index (χ4v) is 5.06. The zero-order valence-corrected chi connectivity index (χ0v) is 22.3. The molecule has 2 aromatic rings. The Balaban J connectivity index is 1.74. The summed E-state index contributed by atoms with van der Waals surface area (Å²) in [7, 11) is -3.62. The van der Waals surface area contributed by atoms with Gasteiger partial charge in [0.25, 0.3) is 0 Å². The van der Waals surface area contributed by atoms with Gasteiger partial charge in [-0.3, -0.25) is 13.9 Å². The second kappa shape index (κ2) is 12.3. The topological polar surface area (TPSA) is 105 Å². The fraction of sp³-hybridized carbons (Fsp3) is 0.440. The molecular formula is C25H32ClN3O6S. The van der Waals surface area contributed by atoms with Gasteiger partial charge in [-0.15, -0.1) is 0 Å². The number of halogens is 1. The molecule has 2 aromatic carbocycles. The number of benzene rings is 2. The maximum absolute atomic E-state index is 13.3. The van der Waals surface area contributed by atoms with Crippen LogP contribution in [0.15, 0.2) is 42.5 Å². The van der Waals surface area contributed by atoms with Gasteiger partial charge < -0.3 is 19.7 Å². The highest BCUT2D eigenvalue weighted by atomic mass is 35.5. The van der Waals surface area contributed by atoms with E-state index in [9.17, 15) is 18.0 Å². The predicted octanol–water partition coefficient (Wildman–Crippen LogP) is 3.21. The molecular weight excluding hydrogens is 506 g/mol. The minimum atomic E-state index is -3.62. The van der Waals surface area contributed by atoms with Crippen LogP contribution in [0.4, 0.5) is 5.69 Å². The number of ether oxygens (including phenoxy) is 2. The number of hydrogen-bond donors (Lipinski definition) is 1. The fourth-order valence-electron chi connectivity index (χ4n) is 3.91. The number of anilines is 1. The van der Waals surface area contributed by atoms with E-state index in [1.165, 1.54) is 9.21 Å². The molecule has 196 valence electrons. The molecule has 0 bridgehead atoms. The smallest absolute Gasteiger partial charge is 0.242 e. The number of nitrogens with one attached hydrogen (secondary N) is 1. The number of rotatable bonds is 11. The molecule has 0 fully saturated rings. The molecule has 0 radical (unpaired) electrons. The van der Waals surface area contributed by atoms with Crippen LogP contribution < -0.4 is 19.1 Å². The lowest BCUT2D eigenvalue weighted by molar-refractivity contribution is -0.140. The normalized spacial score (nSPS) is 13.6. The van der Waals surface area contributed by atoms with E-state index in [0.717, 1.165) is 11.8 Å². The maximum Gasteiger partial charge on any atom is 0.242 e. The molecule has 36 heavy (non-hydrogen) atoms. The molecule has 0 aromatic heterocycles. The molecule has 11 heteroatoms. The van der Waals surface area contributed by atoms with Crippen molar-refractivity contribution in [1.29, 1.82) is 0 Å². The summed E-state index contributed by atoms with van der Waals surface area (Å²) in [5.74, 6) is 0.490. The molecule has 0 unspecified atom stereocenters. The van der Waals surface area contributed by atoms with Crippen LogP contribution in [-0.4, -0.2) is 63.7 Å². The lowest BCUT2D eigenvalue weighted by atomic mass is 10.1. The Labute approximate surface area is 217 Å². The lowest BCUT2D eigenvalue weighted by Crippen LogP contribution is -2.47. The van der Waals surface area contributed by atoms with Gasteiger partial charge in [0.2, 0.25) is 21.8 Å². The number of nitrogens with zero attached hydrogens (tertiary/aromatic N) is 2. The Morgan fingerprint density at radius 3 is 2.47 bits per heavy atom. The number of amides is 2. The van der Waals surface area contributed by atoms with Gasteiger partial charge in [-0.05, 0) is 44.0 Å². The monoisotopic (exact) mass is 537 g/mol. The Morgan fingerprint density at radius 2 is 1.81 bits per heavy atom. The lowest BCUT2D eigenvalue weighted by Gasteiger charge is -2.29. The highest BCUT2D eigenvalue weighted by molar-refractivity contribution is 7.92. The first-order valence-corrected chi connectivity index (χ1v) is 14.0. The molecule has 0 spiro atoms. The third-order valence-corrected chi connectivity index (χ3v) is 7.35. The van der Waals surface area contributed by atoms with Crippen molar-refractivity contribution in [2.75, 3.05) is 36.9 Å². The summed E-state index contributed by atoms with van der Waals surface area (Å²) < 4.78 is 37.4. The average Bonchev–Trinajstić information content (AvgIpc) is 2.84. The van der Waals surface area contributed by atoms with E-state index in [-0.39, 0.29) is 37.7 Å². The second-order valence-electron chi connectivity index (χ2n) is 8.45. The van der Waals surface area contributed by atoms with Crippen LogP contribution in [0.2, 0.25) is 5.02 Å². The van der Waals surface area contributed by atoms with Crippen molar-refractivity contribution in [2.24, 2.45) is 0 Å². The number of likely N-dealkylation sites (N-methyl/N-ethyl adjacent to an activating group) is 1. The van der Waals surface area contributed by atoms with Gasteiger partial charge >= 0.3 is 0 Å². The summed E-state index contributed by atoms with van der Waals surface area (Å²) in [4.78, 5) is 27.3. The second-order valence-corrected chi connectivity index (χ2v) is 10.8. The van der Waals surface area contributed by atoms with Crippen LogP contribution in [0.1, 0.15) is 32.3 Å². The maximum atomic E-state index is 13.3. The SMILES string of the molecule is CCNC(=O)[C@H](C)N(Cc1ccccc1Cl)C(=O)CCCN(c1ccc2c(c1)OCCO2)S(C)(=O)=O. The minimum absolute atomic E-state index is 0.0464. The van der Waals surface area contributed by atoms with Crippen molar-refractivity contribution in [3.8, 4) is 11.5 Å². The molecule has 0 saturated heterocycles. The Bertz CT molecular complexity index is 1190. The van der Waals surface area contributed by atoms with E-state index < -0.39 is 16.1 Å². The van der Waals surface area contributed by atoms with E-state index in [0.29, 0.717) is 42.0 Å². The number of carbonyl (C=O) groups is 2. The summed E-state index contributed by atoms with van der Waals surface area (Å²) in [5, 5.41) is 3.25. The van der Waals surface area contributed by atoms with Crippen molar-refractivity contribution in [3.05, 3.63) is 53.1 Å². The average molecular weight is 538 g/mol. The summed E-state index contributed by atoms with van der Waals surface area (Å²) in [6.07, 6.45) is 1.42. The number of hydrogen-bond acceptors (Lipinski definition) is 6. The molecule has 1 heterocycles. The van der Waals surface area contributed by atoms with Crippen molar-refractivity contribution in [2.45, 2.75) is 39.3 Å². The van der Waals surface area contributed by atoms with Gasteiger partial charge in [0.1, 0.15) is 19.3 Å². The molecule has 1 N–H and O–H groups in total. The van der Waals surface area contributed by atoms with E-state index in [1.807, 2.05) is 13.0 Å². The predicted molar refractivity (Wildman–Crippen MR) is 139 cm³/mol. The van der Waals surface area contributed by atoms with Crippen molar-refractivity contribution >= 4 is 39.1 Å².